The van der Waals surface area contributed by atoms with Gasteiger partial charge in [0.05, 0.1) is 16.5 Å². The number of aromatic nitrogens is 2. The van der Waals surface area contributed by atoms with Crippen LogP contribution in [0.15, 0.2) is 29.1 Å². The van der Waals surface area contributed by atoms with Crippen LogP contribution in [0.2, 0.25) is 5.02 Å². The molecule has 0 aliphatic heterocycles. The van der Waals surface area contributed by atoms with E-state index in [4.69, 9.17) is 11.6 Å². The maximum Gasteiger partial charge on any atom is 0.312 e. The Kier molecular flexibility index (Phi) is 3.20. The molecular weight excluding hydrogens is 248 g/mol. The Labute approximate surface area is 101 Å². The molecule has 17 heavy (non-hydrogen) atoms. The summed E-state index contributed by atoms with van der Waals surface area (Å²) in [6.45, 7) is 0.284. The third-order valence-electron chi connectivity index (χ3n) is 1.96. The molecule has 0 aliphatic rings. The molecule has 7 nitrogen and oxygen atoms in total. The first kappa shape index (κ1) is 11.3. The zero-order valence-electron chi connectivity index (χ0n) is 8.46. The zero-order chi connectivity index (χ0) is 12.3. The highest BCUT2D eigenvalue weighted by Crippen LogP contribution is 2.25. The van der Waals surface area contributed by atoms with Crippen molar-refractivity contribution in [2.45, 2.75) is 6.54 Å². The van der Waals surface area contributed by atoms with Crippen molar-refractivity contribution in [1.82, 2.24) is 10.1 Å². The molecule has 0 atom stereocenters. The van der Waals surface area contributed by atoms with Crippen LogP contribution >= 0.6 is 11.6 Å². The van der Waals surface area contributed by atoms with Crippen LogP contribution in [-0.2, 0) is 6.54 Å². The van der Waals surface area contributed by atoms with Crippen LogP contribution < -0.4 is 5.32 Å². The molecule has 0 radical (unpaired) electrons. The molecule has 0 amide bonds. The van der Waals surface area contributed by atoms with Crippen LogP contribution in [0.25, 0.3) is 0 Å². The number of hydrogen-bond donors (Lipinski definition) is 1. The second-order valence-electron chi connectivity index (χ2n) is 3.12. The lowest BCUT2D eigenvalue weighted by molar-refractivity contribution is -0.384. The number of anilines is 1. The third-order valence-corrected chi connectivity index (χ3v) is 2.17. The second-order valence-corrected chi connectivity index (χ2v) is 3.56. The summed E-state index contributed by atoms with van der Waals surface area (Å²) < 4.78 is 4.63. The molecule has 88 valence electrons. The van der Waals surface area contributed by atoms with Gasteiger partial charge in [-0.3, -0.25) is 10.1 Å². The average molecular weight is 255 g/mol. The Morgan fingerprint density at radius 3 is 3.06 bits per heavy atom. The smallest absolute Gasteiger partial charge is 0.312 e. The van der Waals surface area contributed by atoms with Gasteiger partial charge in [0.1, 0.15) is 12.0 Å². The highest BCUT2D eigenvalue weighted by Gasteiger charge is 2.15. The SMILES string of the molecule is O=[N+]([O-])c1cc(Cl)cnc1NCc1ccon1. The van der Waals surface area contributed by atoms with Gasteiger partial charge in [0.15, 0.2) is 0 Å². The Bertz CT molecular complexity index is 529. The van der Waals surface area contributed by atoms with Crippen molar-refractivity contribution in [2.75, 3.05) is 5.32 Å². The van der Waals surface area contributed by atoms with E-state index in [1.165, 1.54) is 18.5 Å². The molecule has 0 saturated carbocycles. The molecule has 0 saturated heterocycles. The minimum atomic E-state index is -0.552. The van der Waals surface area contributed by atoms with E-state index in [-0.39, 0.29) is 23.1 Å². The molecule has 1 N–H and O–H groups in total. The van der Waals surface area contributed by atoms with Crippen molar-refractivity contribution < 1.29 is 9.45 Å². The lowest BCUT2D eigenvalue weighted by Gasteiger charge is -2.03. The number of nitrogens with one attached hydrogen (secondary N) is 1. The summed E-state index contributed by atoms with van der Waals surface area (Å²) in [7, 11) is 0. The Balaban J connectivity index is 2.17. The van der Waals surface area contributed by atoms with Crippen molar-refractivity contribution in [1.29, 1.82) is 0 Å². The molecule has 0 unspecified atom stereocenters. The number of halogens is 1. The molecule has 2 aromatic heterocycles. The van der Waals surface area contributed by atoms with E-state index in [2.05, 4.69) is 20.0 Å². The largest absolute Gasteiger partial charge is 0.364 e. The standard InChI is InChI=1S/C9H7ClN4O3/c10-6-3-8(14(15)16)9(11-4-6)12-5-7-1-2-17-13-7/h1-4H,5H2,(H,11,12). The number of nitrogens with zero attached hydrogens (tertiary/aromatic N) is 3. The van der Waals surface area contributed by atoms with Gasteiger partial charge in [-0.2, -0.15) is 0 Å². The average Bonchev–Trinajstić information content (AvgIpc) is 2.80. The minimum absolute atomic E-state index is 0.141. The molecule has 2 heterocycles. The first-order chi connectivity index (χ1) is 8.16. The predicted molar refractivity (Wildman–Crippen MR) is 59.7 cm³/mol. The van der Waals surface area contributed by atoms with Crippen molar-refractivity contribution in [3.63, 3.8) is 0 Å². The fourth-order valence-electron chi connectivity index (χ4n) is 1.21. The van der Waals surface area contributed by atoms with Crippen molar-refractivity contribution in [3.05, 3.63) is 45.4 Å². The van der Waals surface area contributed by atoms with E-state index in [9.17, 15) is 10.1 Å². The second kappa shape index (κ2) is 4.79. The summed E-state index contributed by atoms with van der Waals surface area (Å²) in [6, 6.07) is 2.88. The molecule has 2 rings (SSSR count). The fourth-order valence-corrected chi connectivity index (χ4v) is 1.36. The lowest BCUT2D eigenvalue weighted by Crippen LogP contribution is -2.04. The summed E-state index contributed by atoms with van der Waals surface area (Å²) in [5.74, 6) is 0.141. The van der Waals surface area contributed by atoms with E-state index in [0.29, 0.717) is 5.69 Å². The number of pyridine rings is 1. The molecule has 0 bridgehead atoms. The Morgan fingerprint density at radius 2 is 2.41 bits per heavy atom. The van der Waals surface area contributed by atoms with Gasteiger partial charge in [-0.05, 0) is 0 Å². The first-order valence-corrected chi connectivity index (χ1v) is 4.97. The van der Waals surface area contributed by atoms with E-state index < -0.39 is 4.92 Å². The molecular formula is C9H7ClN4O3. The summed E-state index contributed by atoms with van der Waals surface area (Å²) >= 11 is 5.64. The van der Waals surface area contributed by atoms with Crippen molar-refractivity contribution >= 4 is 23.1 Å². The monoisotopic (exact) mass is 254 g/mol. The summed E-state index contributed by atoms with van der Waals surface area (Å²) in [4.78, 5) is 14.1. The molecule has 0 spiro atoms. The van der Waals surface area contributed by atoms with Gasteiger partial charge in [0.2, 0.25) is 5.82 Å². The van der Waals surface area contributed by atoms with Gasteiger partial charge in [0.25, 0.3) is 0 Å². The van der Waals surface area contributed by atoms with Crippen LogP contribution in [0.1, 0.15) is 5.69 Å². The van der Waals surface area contributed by atoms with Gasteiger partial charge in [-0.25, -0.2) is 4.98 Å². The van der Waals surface area contributed by atoms with E-state index in [1.807, 2.05) is 0 Å². The van der Waals surface area contributed by atoms with Gasteiger partial charge >= 0.3 is 5.69 Å². The molecule has 0 fully saturated rings. The van der Waals surface area contributed by atoms with Crippen molar-refractivity contribution in [2.24, 2.45) is 0 Å². The number of rotatable bonds is 4. The van der Waals surface area contributed by atoms with E-state index >= 15 is 0 Å². The van der Waals surface area contributed by atoms with E-state index in [1.54, 1.807) is 6.07 Å². The normalized spacial score (nSPS) is 10.2. The fraction of sp³-hybridized carbons (Fsp3) is 0.111. The van der Waals surface area contributed by atoms with Crippen LogP contribution in [0, 0.1) is 10.1 Å². The van der Waals surface area contributed by atoms with Crippen LogP contribution in [0.5, 0.6) is 0 Å². The highest BCUT2D eigenvalue weighted by molar-refractivity contribution is 6.30. The highest BCUT2D eigenvalue weighted by atomic mass is 35.5. The minimum Gasteiger partial charge on any atom is -0.364 e. The Hall–Kier alpha value is -2.15. The van der Waals surface area contributed by atoms with Gasteiger partial charge < -0.3 is 9.84 Å². The first-order valence-electron chi connectivity index (χ1n) is 4.60. The zero-order valence-corrected chi connectivity index (χ0v) is 9.22. The topological polar surface area (TPSA) is 94.1 Å². The number of hydrogen-bond acceptors (Lipinski definition) is 6. The van der Waals surface area contributed by atoms with E-state index in [0.717, 1.165) is 0 Å². The predicted octanol–water partition coefficient (Wildman–Crippen LogP) is 2.24. The molecule has 0 aromatic carbocycles. The maximum atomic E-state index is 10.8. The number of nitro groups is 1. The molecule has 8 heteroatoms. The van der Waals surface area contributed by atoms with Crippen molar-refractivity contribution in [3.8, 4) is 0 Å². The quantitative estimate of drug-likeness (QED) is 0.664. The molecule has 2 aromatic rings. The summed E-state index contributed by atoms with van der Waals surface area (Å²) in [5.41, 5.74) is 0.442. The van der Waals surface area contributed by atoms with Gasteiger partial charge in [0, 0.05) is 18.3 Å². The van der Waals surface area contributed by atoms with Crippen LogP contribution in [-0.4, -0.2) is 15.1 Å². The van der Waals surface area contributed by atoms with Crippen LogP contribution in [0.4, 0.5) is 11.5 Å². The maximum absolute atomic E-state index is 10.8. The summed E-state index contributed by atoms with van der Waals surface area (Å²) in [5, 5.41) is 17.4. The third kappa shape index (κ3) is 2.70. The lowest BCUT2D eigenvalue weighted by atomic mass is 10.3. The van der Waals surface area contributed by atoms with Crippen LogP contribution in [0.3, 0.4) is 0 Å². The van der Waals surface area contributed by atoms with Gasteiger partial charge in [-0.1, -0.05) is 16.8 Å². The Morgan fingerprint density at radius 1 is 1.59 bits per heavy atom. The molecule has 0 aliphatic carbocycles. The van der Waals surface area contributed by atoms with Gasteiger partial charge in [-0.15, -0.1) is 0 Å². The summed E-state index contributed by atoms with van der Waals surface area (Å²) in [6.07, 6.45) is 2.75.